The molecule has 21 heavy (non-hydrogen) atoms. The maximum atomic E-state index is 12.0. The van der Waals surface area contributed by atoms with Gasteiger partial charge in [-0.3, -0.25) is 4.79 Å². The molecule has 7 heteroatoms. The second-order valence-corrected chi connectivity index (χ2v) is 8.52. The van der Waals surface area contributed by atoms with Gasteiger partial charge in [0, 0.05) is 10.6 Å². The molecule has 0 spiro atoms. The van der Waals surface area contributed by atoms with Gasteiger partial charge in [0.1, 0.15) is 5.75 Å². The number of sulfone groups is 1. The van der Waals surface area contributed by atoms with Gasteiger partial charge in [0.15, 0.2) is 9.84 Å². The van der Waals surface area contributed by atoms with Gasteiger partial charge >= 0.3 is 0 Å². The van der Waals surface area contributed by atoms with E-state index in [-0.39, 0.29) is 5.75 Å². The second-order valence-electron chi connectivity index (χ2n) is 4.65. The van der Waals surface area contributed by atoms with Crippen LogP contribution >= 0.6 is 22.9 Å². The Morgan fingerprint density at radius 1 is 1.19 bits per heavy atom. The van der Waals surface area contributed by atoms with Crippen molar-refractivity contribution < 1.29 is 13.2 Å². The van der Waals surface area contributed by atoms with Crippen molar-refractivity contribution in [1.29, 1.82) is 0 Å². The highest BCUT2D eigenvalue weighted by molar-refractivity contribution is 7.91. The molecule has 0 atom stereocenters. The fraction of sp³-hybridized carbons (Fsp3) is 0.214. The monoisotopic (exact) mass is 343 g/mol. The molecule has 1 N–H and O–H groups in total. The lowest BCUT2D eigenvalue weighted by Gasteiger charge is -2.06. The number of aryl methyl sites for hydroxylation is 1. The summed E-state index contributed by atoms with van der Waals surface area (Å²) >= 11 is 6.96. The van der Waals surface area contributed by atoms with Gasteiger partial charge in [-0.2, -0.15) is 0 Å². The Hall–Kier alpha value is -1.37. The molecule has 1 amide bonds. The van der Waals surface area contributed by atoms with Gasteiger partial charge < -0.3 is 5.32 Å². The van der Waals surface area contributed by atoms with E-state index in [0.29, 0.717) is 14.9 Å². The van der Waals surface area contributed by atoms with Crippen LogP contribution in [0.3, 0.4) is 0 Å². The van der Waals surface area contributed by atoms with Crippen LogP contribution in [0.1, 0.15) is 10.4 Å². The van der Waals surface area contributed by atoms with E-state index in [1.165, 1.54) is 11.3 Å². The van der Waals surface area contributed by atoms with Crippen LogP contribution in [0.15, 0.2) is 36.4 Å². The third-order valence-electron chi connectivity index (χ3n) is 2.68. The van der Waals surface area contributed by atoms with Crippen molar-refractivity contribution in [2.75, 3.05) is 11.1 Å². The molecule has 0 unspecified atom stereocenters. The van der Waals surface area contributed by atoms with Crippen LogP contribution in [0, 0.1) is 6.92 Å². The zero-order chi connectivity index (χ0) is 15.5. The molecule has 0 saturated carbocycles. The molecule has 0 saturated heterocycles. The summed E-state index contributed by atoms with van der Waals surface area (Å²) in [5, 5.41) is 2.58. The highest BCUT2D eigenvalue weighted by Crippen LogP contribution is 2.23. The van der Waals surface area contributed by atoms with Crippen LogP contribution in [-0.4, -0.2) is 20.1 Å². The van der Waals surface area contributed by atoms with Gasteiger partial charge in [-0.1, -0.05) is 29.3 Å². The van der Waals surface area contributed by atoms with Crippen molar-refractivity contribution in [1.82, 2.24) is 0 Å². The molecule has 112 valence electrons. The quantitative estimate of drug-likeness (QED) is 0.906. The predicted octanol–water partition coefficient (Wildman–Crippen LogP) is 3.26. The van der Waals surface area contributed by atoms with E-state index in [0.717, 1.165) is 5.56 Å². The number of rotatable bonds is 5. The number of halogens is 1. The lowest BCUT2D eigenvalue weighted by atomic mass is 10.2. The van der Waals surface area contributed by atoms with Crippen LogP contribution in [0.2, 0.25) is 4.34 Å². The van der Waals surface area contributed by atoms with Crippen molar-refractivity contribution in [3.8, 4) is 0 Å². The summed E-state index contributed by atoms with van der Waals surface area (Å²) in [4.78, 5) is 12.4. The van der Waals surface area contributed by atoms with Gasteiger partial charge in [0.05, 0.1) is 10.1 Å². The van der Waals surface area contributed by atoms with E-state index in [1.54, 1.807) is 24.3 Å². The molecule has 0 radical (unpaired) electrons. The first kappa shape index (κ1) is 16.0. The molecule has 0 bridgehead atoms. The van der Waals surface area contributed by atoms with Crippen LogP contribution in [0.4, 0.5) is 5.69 Å². The number of anilines is 1. The fourth-order valence-corrected chi connectivity index (χ4v) is 4.49. The first-order valence-electron chi connectivity index (χ1n) is 6.15. The summed E-state index contributed by atoms with van der Waals surface area (Å²) < 4.78 is 24.5. The Bertz CT molecular complexity index is 736. The van der Waals surface area contributed by atoms with Crippen LogP contribution in [-0.2, 0) is 20.4 Å². The Morgan fingerprint density at radius 3 is 2.43 bits per heavy atom. The van der Waals surface area contributed by atoms with Gasteiger partial charge in [-0.15, -0.1) is 11.3 Å². The SMILES string of the molecule is Cc1ccc(NC(=O)CS(=O)(=O)Cc2ccc(Cl)s2)cc1. The maximum Gasteiger partial charge on any atom is 0.239 e. The van der Waals surface area contributed by atoms with E-state index >= 15 is 0 Å². The van der Waals surface area contributed by atoms with Gasteiger partial charge in [0.2, 0.25) is 5.91 Å². The minimum atomic E-state index is -3.51. The van der Waals surface area contributed by atoms with Gasteiger partial charge in [0.25, 0.3) is 0 Å². The molecule has 1 aromatic carbocycles. The number of nitrogens with one attached hydrogen (secondary N) is 1. The standard InChI is InChI=1S/C14H14ClNO3S2/c1-10-2-4-11(5-3-10)16-14(17)9-21(18,19)8-12-6-7-13(15)20-12/h2-7H,8-9H2,1H3,(H,16,17). The van der Waals surface area contributed by atoms with E-state index < -0.39 is 21.5 Å². The van der Waals surface area contributed by atoms with Gasteiger partial charge in [-0.25, -0.2) is 8.42 Å². The summed E-state index contributed by atoms with van der Waals surface area (Å²) in [6.07, 6.45) is 0. The summed E-state index contributed by atoms with van der Waals surface area (Å²) in [6.45, 7) is 1.93. The third-order valence-corrected chi connectivity index (χ3v) is 5.54. The molecule has 1 heterocycles. The largest absolute Gasteiger partial charge is 0.325 e. The molecule has 0 aliphatic heterocycles. The minimum Gasteiger partial charge on any atom is -0.325 e. The van der Waals surface area contributed by atoms with Crippen molar-refractivity contribution >= 4 is 44.4 Å². The predicted molar refractivity (Wildman–Crippen MR) is 86.6 cm³/mol. The molecule has 4 nitrogen and oxygen atoms in total. The molecular weight excluding hydrogens is 330 g/mol. The van der Waals surface area contributed by atoms with E-state index in [1.807, 2.05) is 19.1 Å². The molecule has 1 aromatic heterocycles. The third kappa shape index (κ3) is 5.15. The van der Waals surface area contributed by atoms with Crippen LogP contribution in [0.25, 0.3) is 0 Å². The smallest absolute Gasteiger partial charge is 0.239 e. The Labute approximate surface area is 132 Å². The Kier molecular flexibility index (Phi) is 5.03. The number of carbonyl (C=O) groups excluding carboxylic acids is 1. The van der Waals surface area contributed by atoms with Crippen LogP contribution in [0.5, 0.6) is 0 Å². The normalized spacial score (nSPS) is 11.3. The average Bonchev–Trinajstić information content (AvgIpc) is 2.76. The first-order valence-corrected chi connectivity index (χ1v) is 9.17. The van der Waals surface area contributed by atoms with E-state index in [2.05, 4.69) is 5.32 Å². The number of amides is 1. The summed E-state index contributed by atoms with van der Waals surface area (Å²) in [6, 6.07) is 10.5. The van der Waals surface area contributed by atoms with E-state index in [4.69, 9.17) is 11.6 Å². The number of hydrogen-bond donors (Lipinski definition) is 1. The Morgan fingerprint density at radius 2 is 1.86 bits per heavy atom. The van der Waals surface area contributed by atoms with E-state index in [9.17, 15) is 13.2 Å². The lowest BCUT2D eigenvalue weighted by Crippen LogP contribution is -2.23. The molecule has 0 aliphatic rings. The van der Waals surface area contributed by atoms with Crippen molar-refractivity contribution in [2.45, 2.75) is 12.7 Å². The molecule has 0 fully saturated rings. The molecule has 0 aliphatic carbocycles. The maximum absolute atomic E-state index is 12.0. The van der Waals surface area contributed by atoms with Crippen molar-refractivity contribution in [3.63, 3.8) is 0 Å². The molecular formula is C14H14ClNO3S2. The molecule has 2 aromatic rings. The molecule has 2 rings (SSSR count). The lowest BCUT2D eigenvalue weighted by molar-refractivity contribution is -0.113. The van der Waals surface area contributed by atoms with Gasteiger partial charge in [-0.05, 0) is 31.2 Å². The van der Waals surface area contributed by atoms with Crippen molar-refractivity contribution in [2.24, 2.45) is 0 Å². The summed E-state index contributed by atoms with van der Waals surface area (Å²) in [7, 11) is -3.51. The number of hydrogen-bond acceptors (Lipinski definition) is 4. The highest BCUT2D eigenvalue weighted by atomic mass is 35.5. The second kappa shape index (κ2) is 6.60. The zero-order valence-electron chi connectivity index (χ0n) is 11.3. The topological polar surface area (TPSA) is 63.2 Å². The average molecular weight is 344 g/mol. The van der Waals surface area contributed by atoms with Crippen LogP contribution < -0.4 is 5.32 Å². The Balaban J connectivity index is 1.96. The fourth-order valence-electron chi connectivity index (χ4n) is 1.73. The summed E-state index contributed by atoms with van der Waals surface area (Å²) in [5.41, 5.74) is 1.65. The summed E-state index contributed by atoms with van der Waals surface area (Å²) in [5.74, 6) is -1.26. The van der Waals surface area contributed by atoms with Crippen molar-refractivity contribution in [3.05, 3.63) is 51.2 Å². The first-order chi connectivity index (χ1) is 9.84. The number of thiophene rings is 1. The number of benzene rings is 1. The minimum absolute atomic E-state index is 0.175. The number of carbonyl (C=O) groups is 1. The zero-order valence-corrected chi connectivity index (χ0v) is 13.7. The highest BCUT2D eigenvalue weighted by Gasteiger charge is 2.18.